The minimum atomic E-state index is -1.19. The molecule has 13 heavy (non-hydrogen) atoms. The molecule has 0 bridgehead atoms. The van der Waals surface area contributed by atoms with Gasteiger partial charge in [0.05, 0.1) is 0 Å². The largest absolute Gasteiger partial charge is 0.509 e. The second-order valence-corrected chi connectivity index (χ2v) is 4.03. The van der Waals surface area contributed by atoms with Crippen LogP contribution in [0, 0.1) is 5.41 Å². The summed E-state index contributed by atoms with van der Waals surface area (Å²) in [7, 11) is 0. The molecule has 0 amide bonds. The Morgan fingerprint density at radius 3 is 2.23 bits per heavy atom. The molecule has 0 aromatic heterocycles. The number of carbonyl (C=O) groups excluding carboxylic acids is 1. The third-order valence-corrected chi connectivity index (χ3v) is 1.82. The topological polar surface area (TPSA) is 72.8 Å². The highest BCUT2D eigenvalue weighted by Gasteiger charge is 2.48. The Hall–Kier alpha value is -1.26. The third kappa shape index (κ3) is 1.91. The molecule has 74 valence electrons. The molecule has 1 saturated heterocycles. The molecule has 0 aliphatic carbocycles. The lowest BCUT2D eigenvalue weighted by atomic mass is 9.86. The molecule has 0 saturated carbocycles. The number of rotatable bonds is 1. The molecule has 2 atom stereocenters. The zero-order valence-corrected chi connectivity index (χ0v) is 7.73. The van der Waals surface area contributed by atoms with E-state index in [1.54, 1.807) is 20.8 Å². The van der Waals surface area contributed by atoms with Crippen LogP contribution in [-0.4, -0.2) is 29.4 Å². The molecule has 1 heterocycles. The van der Waals surface area contributed by atoms with E-state index in [2.05, 4.69) is 4.74 Å². The highest BCUT2D eigenvalue weighted by molar-refractivity contribution is 5.79. The highest BCUT2D eigenvalue weighted by Crippen LogP contribution is 2.31. The molecule has 5 nitrogen and oxygen atoms in total. The molecule has 1 N–H and O–H groups in total. The van der Waals surface area contributed by atoms with Crippen molar-refractivity contribution in [1.29, 1.82) is 0 Å². The summed E-state index contributed by atoms with van der Waals surface area (Å²) in [4.78, 5) is 21.4. The molecule has 1 aliphatic heterocycles. The maximum atomic E-state index is 10.7. The van der Waals surface area contributed by atoms with Crippen LogP contribution >= 0.6 is 0 Å². The van der Waals surface area contributed by atoms with Crippen LogP contribution in [0.1, 0.15) is 20.8 Å². The first kappa shape index (κ1) is 9.83. The monoisotopic (exact) mass is 188 g/mol. The van der Waals surface area contributed by atoms with Gasteiger partial charge in [0.15, 0.2) is 6.10 Å². The van der Waals surface area contributed by atoms with Gasteiger partial charge in [0.2, 0.25) is 6.10 Å². The number of hydrogen-bond acceptors (Lipinski definition) is 4. The fraction of sp³-hybridized carbons (Fsp3) is 0.750. The second kappa shape index (κ2) is 2.90. The summed E-state index contributed by atoms with van der Waals surface area (Å²) in [6.07, 6.45) is -2.82. The van der Waals surface area contributed by atoms with Crippen molar-refractivity contribution in [2.75, 3.05) is 0 Å². The van der Waals surface area contributed by atoms with Gasteiger partial charge in [0, 0.05) is 5.41 Å². The van der Waals surface area contributed by atoms with Crippen LogP contribution in [0.15, 0.2) is 0 Å². The molecule has 0 aromatic rings. The summed E-state index contributed by atoms with van der Waals surface area (Å²) < 4.78 is 9.26. The fourth-order valence-electron chi connectivity index (χ4n) is 1.17. The lowest BCUT2D eigenvalue weighted by Gasteiger charge is -2.25. The van der Waals surface area contributed by atoms with Crippen molar-refractivity contribution in [1.82, 2.24) is 0 Å². The maximum Gasteiger partial charge on any atom is 0.509 e. The van der Waals surface area contributed by atoms with Crippen LogP contribution in [0.25, 0.3) is 0 Å². The molecule has 0 aromatic carbocycles. The van der Waals surface area contributed by atoms with E-state index in [-0.39, 0.29) is 0 Å². The van der Waals surface area contributed by atoms with Gasteiger partial charge >= 0.3 is 12.1 Å². The Kier molecular flexibility index (Phi) is 2.19. The van der Waals surface area contributed by atoms with Gasteiger partial charge < -0.3 is 14.6 Å². The zero-order valence-electron chi connectivity index (χ0n) is 7.73. The van der Waals surface area contributed by atoms with Gasteiger partial charge in [-0.3, -0.25) is 0 Å². The fourth-order valence-corrected chi connectivity index (χ4v) is 1.17. The highest BCUT2D eigenvalue weighted by atomic mass is 16.8. The normalized spacial score (nSPS) is 28.1. The summed E-state index contributed by atoms with van der Waals surface area (Å²) in [6.45, 7) is 5.36. The van der Waals surface area contributed by atoms with Crippen molar-refractivity contribution in [2.45, 2.75) is 33.0 Å². The van der Waals surface area contributed by atoms with Crippen LogP contribution in [0.4, 0.5) is 4.79 Å². The Labute approximate surface area is 75.6 Å². The van der Waals surface area contributed by atoms with Crippen LogP contribution < -0.4 is 0 Å². The van der Waals surface area contributed by atoms with Crippen molar-refractivity contribution < 1.29 is 24.2 Å². The summed E-state index contributed by atoms with van der Waals surface area (Å²) >= 11 is 0. The van der Waals surface area contributed by atoms with Gasteiger partial charge in [-0.2, -0.15) is 0 Å². The van der Waals surface area contributed by atoms with Gasteiger partial charge in [0.1, 0.15) is 0 Å². The zero-order chi connectivity index (χ0) is 10.2. The van der Waals surface area contributed by atoms with Crippen LogP contribution in [0.3, 0.4) is 0 Å². The van der Waals surface area contributed by atoms with Gasteiger partial charge in [-0.15, -0.1) is 0 Å². The maximum absolute atomic E-state index is 10.7. The van der Waals surface area contributed by atoms with E-state index in [1.807, 2.05) is 0 Å². The van der Waals surface area contributed by atoms with Crippen LogP contribution in [0.2, 0.25) is 0 Å². The smallest absolute Gasteiger partial charge is 0.478 e. The first-order valence-corrected chi connectivity index (χ1v) is 3.92. The molecule has 1 fully saturated rings. The molecular weight excluding hydrogens is 176 g/mol. The van der Waals surface area contributed by atoms with Gasteiger partial charge in [0.25, 0.3) is 0 Å². The van der Waals surface area contributed by atoms with E-state index < -0.39 is 29.7 Å². The lowest BCUT2D eigenvalue weighted by molar-refractivity contribution is -0.148. The third-order valence-electron chi connectivity index (χ3n) is 1.82. The number of cyclic esters (lactones) is 2. The molecular formula is C8H12O5. The van der Waals surface area contributed by atoms with Gasteiger partial charge in [-0.05, 0) is 0 Å². The minimum Gasteiger partial charge on any atom is -0.478 e. The number of carboxylic acid groups (broad SMARTS) is 1. The molecule has 0 spiro atoms. The van der Waals surface area contributed by atoms with E-state index in [0.29, 0.717) is 0 Å². The quantitative estimate of drug-likeness (QED) is 0.622. The van der Waals surface area contributed by atoms with Crippen molar-refractivity contribution >= 4 is 12.1 Å². The summed E-state index contributed by atoms with van der Waals surface area (Å²) in [5, 5.41) is 8.71. The Bertz CT molecular complexity index is 239. The van der Waals surface area contributed by atoms with E-state index in [9.17, 15) is 9.59 Å². The van der Waals surface area contributed by atoms with Crippen molar-refractivity contribution in [2.24, 2.45) is 5.41 Å². The van der Waals surface area contributed by atoms with Crippen LogP contribution in [-0.2, 0) is 14.3 Å². The van der Waals surface area contributed by atoms with E-state index in [1.165, 1.54) is 0 Å². The first-order valence-electron chi connectivity index (χ1n) is 3.92. The van der Waals surface area contributed by atoms with E-state index in [4.69, 9.17) is 9.84 Å². The second-order valence-electron chi connectivity index (χ2n) is 4.03. The van der Waals surface area contributed by atoms with E-state index in [0.717, 1.165) is 0 Å². The molecule has 5 heteroatoms. The Balaban J connectivity index is 2.84. The van der Waals surface area contributed by atoms with Gasteiger partial charge in [-0.1, -0.05) is 20.8 Å². The predicted octanol–water partition coefficient (Wildman–Crippen LogP) is 1.02. The average Bonchev–Trinajstić information content (AvgIpc) is 2.29. The summed E-state index contributed by atoms with van der Waals surface area (Å²) in [5.41, 5.74) is -0.435. The van der Waals surface area contributed by atoms with E-state index >= 15 is 0 Å². The summed E-state index contributed by atoms with van der Waals surface area (Å²) in [5.74, 6) is -1.18. The number of carbonyl (C=O) groups is 2. The van der Waals surface area contributed by atoms with Crippen molar-refractivity contribution in [3.63, 3.8) is 0 Å². The molecule has 1 rings (SSSR count). The molecule has 0 radical (unpaired) electrons. The van der Waals surface area contributed by atoms with Crippen molar-refractivity contribution in [3.8, 4) is 0 Å². The summed E-state index contributed by atoms with van der Waals surface area (Å²) in [6, 6.07) is 0. The minimum absolute atomic E-state index is 0.435. The molecule has 1 aliphatic rings. The van der Waals surface area contributed by atoms with Gasteiger partial charge in [-0.25, -0.2) is 9.59 Å². The Morgan fingerprint density at radius 2 is 1.92 bits per heavy atom. The van der Waals surface area contributed by atoms with Crippen molar-refractivity contribution in [3.05, 3.63) is 0 Å². The SMILES string of the molecule is CC(C)(C)C1OC(=O)OC1C(=O)O. The standard InChI is InChI=1S/C8H12O5/c1-8(2,3)5-4(6(9)10)12-7(11)13-5/h4-5H,1-3H3,(H,9,10). The number of ether oxygens (including phenoxy) is 2. The number of hydrogen-bond donors (Lipinski definition) is 1. The number of aliphatic carboxylic acids is 1. The Morgan fingerprint density at radius 1 is 1.38 bits per heavy atom. The molecule has 2 unspecified atom stereocenters. The number of carboxylic acids is 1. The first-order chi connectivity index (χ1) is 5.82. The lowest BCUT2D eigenvalue weighted by Crippen LogP contribution is -2.40. The predicted molar refractivity (Wildman–Crippen MR) is 42.2 cm³/mol. The van der Waals surface area contributed by atoms with Crippen LogP contribution in [0.5, 0.6) is 0 Å². The average molecular weight is 188 g/mol.